The molecule has 0 bridgehead atoms. The molecule has 0 radical (unpaired) electrons. The molecule has 1 aromatic rings. The van der Waals surface area contributed by atoms with Crippen LogP contribution in [0.4, 0.5) is 4.79 Å². The summed E-state index contributed by atoms with van der Waals surface area (Å²) in [5.74, 6) is 0. The van der Waals surface area contributed by atoms with E-state index < -0.39 is 26.9 Å². The number of ether oxygens (including phenoxy) is 3. The highest BCUT2D eigenvalue weighted by Gasteiger charge is 2.32. The molecule has 174 valence electrons. The zero-order valence-corrected chi connectivity index (χ0v) is 19.9. The minimum Gasteiger partial charge on any atom is -0.444 e. The Labute approximate surface area is 189 Å². The summed E-state index contributed by atoms with van der Waals surface area (Å²) in [5, 5.41) is 2.90. The van der Waals surface area contributed by atoms with E-state index in [2.05, 4.69) is 5.32 Å². The number of methoxy groups -OCH3 is 1. The van der Waals surface area contributed by atoms with E-state index in [0.29, 0.717) is 25.3 Å². The zero-order chi connectivity index (χ0) is 23.1. The SMILES string of the molecule is COCOCC(Cl)c1ccc(/C=C\S(=O)(=O)C2CN(C(=O)OC(C)(C)C)CCN2)cc1. The van der Waals surface area contributed by atoms with Gasteiger partial charge in [0.15, 0.2) is 9.84 Å². The van der Waals surface area contributed by atoms with Crippen molar-refractivity contribution in [1.82, 2.24) is 10.2 Å². The van der Waals surface area contributed by atoms with Crippen LogP contribution in [0.2, 0.25) is 0 Å². The van der Waals surface area contributed by atoms with E-state index in [4.69, 9.17) is 25.8 Å². The van der Waals surface area contributed by atoms with Crippen molar-refractivity contribution in [3.63, 3.8) is 0 Å². The van der Waals surface area contributed by atoms with Crippen molar-refractivity contribution in [2.75, 3.05) is 40.1 Å². The first-order valence-electron chi connectivity index (χ1n) is 9.96. The largest absolute Gasteiger partial charge is 0.444 e. The summed E-state index contributed by atoms with van der Waals surface area (Å²) in [6.07, 6.45) is 1.01. The maximum absolute atomic E-state index is 12.8. The number of nitrogens with one attached hydrogen (secondary N) is 1. The number of rotatable bonds is 8. The van der Waals surface area contributed by atoms with Crippen LogP contribution in [0.3, 0.4) is 0 Å². The van der Waals surface area contributed by atoms with Gasteiger partial charge in [-0.3, -0.25) is 5.32 Å². The normalized spacial score (nSPS) is 18.9. The smallest absolute Gasteiger partial charge is 0.410 e. The molecule has 0 aromatic heterocycles. The molecule has 0 saturated carbocycles. The Morgan fingerprint density at radius 1 is 1.32 bits per heavy atom. The Bertz CT molecular complexity index is 852. The minimum absolute atomic E-state index is 0.0237. The van der Waals surface area contributed by atoms with Gasteiger partial charge >= 0.3 is 6.09 Å². The van der Waals surface area contributed by atoms with Crippen molar-refractivity contribution in [3.05, 3.63) is 40.8 Å². The van der Waals surface area contributed by atoms with Crippen LogP contribution in [-0.2, 0) is 24.0 Å². The quantitative estimate of drug-likeness (QED) is 0.351. The van der Waals surface area contributed by atoms with E-state index in [0.717, 1.165) is 11.0 Å². The third-order valence-electron chi connectivity index (χ3n) is 4.40. The summed E-state index contributed by atoms with van der Waals surface area (Å²) in [7, 11) is -2.10. The predicted octanol–water partition coefficient (Wildman–Crippen LogP) is 3.14. The molecule has 0 spiro atoms. The van der Waals surface area contributed by atoms with Crippen LogP contribution in [0.15, 0.2) is 29.7 Å². The second kappa shape index (κ2) is 11.3. The number of amides is 1. The Kier molecular flexibility index (Phi) is 9.32. The number of benzene rings is 1. The number of hydrogen-bond donors (Lipinski definition) is 1. The van der Waals surface area contributed by atoms with E-state index in [9.17, 15) is 13.2 Å². The van der Waals surface area contributed by atoms with Gasteiger partial charge < -0.3 is 19.1 Å². The lowest BCUT2D eigenvalue weighted by Gasteiger charge is -2.34. The van der Waals surface area contributed by atoms with Crippen molar-refractivity contribution in [1.29, 1.82) is 0 Å². The molecule has 8 nitrogen and oxygen atoms in total. The third-order valence-corrected chi connectivity index (χ3v) is 6.40. The third kappa shape index (κ3) is 8.42. The zero-order valence-electron chi connectivity index (χ0n) is 18.3. The minimum atomic E-state index is -3.63. The molecule has 1 heterocycles. The van der Waals surface area contributed by atoms with Crippen LogP contribution in [-0.4, -0.2) is 70.5 Å². The maximum Gasteiger partial charge on any atom is 0.410 e. The molecule has 0 aliphatic carbocycles. The number of carbonyl (C=O) groups is 1. The van der Waals surface area contributed by atoms with Crippen molar-refractivity contribution < 1.29 is 27.4 Å². The van der Waals surface area contributed by atoms with Gasteiger partial charge in [-0.15, -0.1) is 11.6 Å². The summed E-state index contributed by atoms with van der Waals surface area (Å²) >= 11 is 6.28. The van der Waals surface area contributed by atoms with E-state index in [1.807, 2.05) is 12.1 Å². The van der Waals surface area contributed by atoms with Gasteiger partial charge in [-0.2, -0.15) is 0 Å². The summed E-state index contributed by atoms with van der Waals surface area (Å²) in [6, 6.07) is 7.22. The lowest BCUT2D eigenvalue weighted by molar-refractivity contribution is -0.0303. The number of nitrogens with zero attached hydrogens (tertiary/aromatic N) is 1. The highest BCUT2D eigenvalue weighted by Crippen LogP contribution is 2.22. The molecular weight excluding hydrogens is 444 g/mol. The van der Waals surface area contributed by atoms with E-state index >= 15 is 0 Å². The number of piperazine rings is 1. The van der Waals surface area contributed by atoms with Gasteiger partial charge in [-0.25, -0.2) is 13.2 Å². The Morgan fingerprint density at radius 3 is 2.61 bits per heavy atom. The predicted molar refractivity (Wildman–Crippen MR) is 120 cm³/mol. The number of hydrogen-bond acceptors (Lipinski definition) is 7. The van der Waals surface area contributed by atoms with Crippen LogP contribution < -0.4 is 5.32 Å². The van der Waals surface area contributed by atoms with Crippen LogP contribution in [0.1, 0.15) is 37.3 Å². The molecule has 1 aromatic carbocycles. The van der Waals surface area contributed by atoms with E-state index in [-0.39, 0.29) is 18.7 Å². The molecule has 1 N–H and O–H groups in total. The highest BCUT2D eigenvalue weighted by atomic mass is 35.5. The number of sulfone groups is 1. The molecule has 2 unspecified atom stereocenters. The maximum atomic E-state index is 12.8. The van der Waals surface area contributed by atoms with Crippen molar-refractivity contribution in [2.24, 2.45) is 0 Å². The Hall–Kier alpha value is -1.65. The fourth-order valence-corrected chi connectivity index (χ4v) is 4.35. The monoisotopic (exact) mass is 474 g/mol. The Balaban J connectivity index is 1.98. The van der Waals surface area contributed by atoms with Crippen molar-refractivity contribution >= 4 is 33.6 Å². The highest BCUT2D eigenvalue weighted by molar-refractivity contribution is 7.95. The number of carbonyl (C=O) groups excluding carboxylic acids is 1. The second-order valence-corrected chi connectivity index (χ2v) is 10.7. The molecule has 1 saturated heterocycles. The van der Waals surface area contributed by atoms with Gasteiger partial charge in [-0.1, -0.05) is 24.3 Å². The van der Waals surface area contributed by atoms with Crippen molar-refractivity contribution in [3.8, 4) is 0 Å². The van der Waals surface area contributed by atoms with Gasteiger partial charge in [0.2, 0.25) is 0 Å². The summed E-state index contributed by atoms with van der Waals surface area (Å²) in [4.78, 5) is 13.7. The topological polar surface area (TPSA) is 94.2 Å². The number of alkyl halides is 1. The van der Waals surface area contributed by atoms with E-state index in [1.165, 1.54) is 18.1 Å². The van der Waals surface area contributed by atoms with Gasteiger partial charge in [-0.05, 0) is 38.0 Å². The molecule has 10 heteroatoms. The van der Waals surface area contributed by atoms with Crippen LogP contribution in [0, 0.1) is 0 Å². The second-order valence-electron chi connectivity index (χ2n) is 8.17. The van der Waals surface area contributed by atoms with Crippen LogP contribution in [0.5, 0.6) is 0 Å². The first-order chi connectivity index (χ1) is 14.5. The number of halogens is 1. The molecule has 1 aliphatic heterocycles. The lowest BCUT2D eigenvalue weighted by Crippen LogP contribution is -2.55. The summed E-state index contributed by atoms with van der Waals surface area (Å²) in [5.41, 5.74) is 0.939. The molecule has 1 fully saturated rings. The molecule has 2 atom stereocenters. The lowest BCUT2D eigenvalue weighted by atomic mass is 10.1. The summed E-state index contributed by atoms with van der Waals surface area (Å²) < 4.78 is 40.9. The fraction of sp³-hybridized carbons (Fsp3) is 0.571. The standard InChI is InChI=1S/C21H31ClN2O6S/c1-21(2,3)30-20(25)24-11-10-23-19(13-24)31(26,27)12-9-16-5-7-17(8-6-16)18(22)14-29-15-28-4/h5-9,12,18-19,23H,10-11,13-15H2,1-4H3/b12-9-. The van der Waals surface area contributed by atoms with Gasteiger partial charge in [0, 0.05) is 25.6 Å². The Morgan fingerprint density at radius 2 is 2.00 bits per heavy atom. The average molecular weight is 475 g/mol. The fourth-order valence-electron chi connectivity index (χ4n) is 2.84. The van der Waals surface area contributed by atoms with Gasteiger partial charge in [0.05, 0.1) is 18.5 Å². The molecule has 1 aliphatic rings. The summed E-state index contributed by atoms with van der Waals surface area (Å²) in [6.45, 7) is 6.57. The van der Waals surface area contributed by atoms with Crippen molar-refractivity contribution in [2.45, 2.75) is 37.1 Å². The molecular formula is C21H31ClN2O6S. The van der Waals surface area contributed by atoms with Crippen LogP contribution >= 0.6 is 11.6 Å². The molecule has 2 rings (SSSR count). The van der Waals surface area contributed by atoms with E-state index in [1.54, 1.807) is 32.9 Å². The molecule has 1 amide bonds. The first-order valence-corrected chi connectivity index (χ1v) is 12.0. The first kappa shape index (κ1) is 25.6. The molecule has 31 heavy (non-hydrogen) atoms. The average Bonchev–Trinajstić information content (AvgIpc) is 2.71. The van der Waals surface area contributed by atoms with Crippen LogP contribution in [0.25, 0.3) is 6.08 Å². The van der Waals surface area contributed by atoms with Gasteiger partial charge in [0.25, 0.3) is 0 Å². The van der Waals surface area contributed by atoms with Gasteiger partial charge in [0.1, 0.15) is 17.8 Å².